The van der Waals surface area contributed by atoms with E-state index in [-0.39, 0.29) is 12.2 Å². The van der Waals surface area contributed by atoms with Crippen LogP contribution in [-0.2, 0) is 9.47 Å². The number of rotatable bonds is 7. The largest absolute Gasteiger partial charge is 0.377 e. The zero-order chi connectivity index (χ0) is 14.5. The summed E-state index contributed by atoms with van der Waals surface area (Å²) in [5, 5.41) is 3.71. The molecule has 0 spiro atoms. The third kappa shape index (κ3) is 3.61. The molecule has 1 N–H and O–H groups in total. The molecular weight excluding hydrogens is 318 g/mol. The van der Waals surface area contributed by atoms with Gasteiger partial charge < -0.3 is 14.8 Å². The van der Waals surface area contributed by atoms with Crippen molar-refractivity contribution < 1.29 is 9.47 Å². The van der Waals surface area contributed by atoms with E-state index in [4.69, 9.17) is 9.47 Å². The van der Waals surface area contributed by atoms with E-state index in [2.05, 4.69) is 52.4 Å². The first kappa shape index (κ1) is 16.0. The van der Waals surface area contributed by atoms with E-state index >= 15 is 0 Å². The highest BCUT2D eigenvalue weighted by molar-refractivity contribution is 9.10. The molecule has 4 unspecified atom stereocenters. The first-order valence-corrected chi connectivity index (χ1v) is 8.14. The van der Waals surface area contributed by atoms with Crippen molar-refractivity contribution in [3.8, 4) is 0 Å². The van der Waals surface area contributed by atoms with Crippen LogP contribution in [0.5, 0.6) is 0 Å². The summed E-state index contributed by atoms with van der Waals surface area (Å²) in [4.78, 5) is 0. The smallest absolute Gasteiger partial charge is 0.0987 e. The van der Waals surface area contributed by atoms with Gasteiger partial charge in [-0.05, 0) is 37.5 Å². The van der Waals surface area contributed by atoms with Crippen LogP contribution in [0.25, 0.3) is 0 Å². The fourth-order valence-electron chi connectivity index (χ4n) is 2.84. The Morgan fingerprint density at radius 2 is 2.00 bits per heavy atom. The van der Waals surface area contributed by atoms with Gasteiger partial charge in [0.2, 0.25) is 0 Å². The van der Waals surface area contributed by atoms with E-state index in [1.165, 1.54) is 5.56 Å². The van der Waals surface area contributed by atoms with Gasteiger partial charge in [-0.2, -0.15) is 0 Å². The summed E-state index contributed by atoms with van der Waals surface area (Å²) in [6.45, 7) is 4.99. The fourth-order valence-corrected chi connectivity index (χ4v) is 3.11. The van der Waals surface area contributed by atoms with E-state index in [0.717, 1.165) is 23.9 Å². The van der Waals surface area contributed by atoms with Gasteiger partial charge in [0.05, 0.1) is 12.2 Å². The molecule has 0 aliphatic heterocycles. The summed E-state index contributed by atoms with van der Waals surface area (Å²) in [5.41, 5.74) is 1.32. The molecule has 1 aliphatic rings. The Labute approximate surface area is 130 Å². The second-order valence-corrected chi connectivity index (χ2v) is 6.13. The fraction of sp³-hybridized carbons (Fsp3) is 0.625. The van der Waals surface area contributed by atoms with Crippen LogP contribution in [0.3, 0.4) is 0 Å². The van der Waals surface area contributed by atoms with Crippen molar-refractivity contribution in [3.05, 3.63) is 34.3 Å². The number of nitrogens with one attached hydrogen (secondary N) is 1. The minimum absolute atomic E-state index is 0.166. The van der Waals surface area contributed by atoms with Crippen molar-refractivity contribution in [3.63, 3.8) is 0 Å². The molecule has 1 aromatic rings. The van der Waals surface area contributed by atoms with Crippen molar-refractivity contribution in [1.29, 1.82) is 0 Å². The zero-order valence-corrected chi connectivity index (χ0v) is 14.0. The van der Waals surface area contributed by atoms with Crippen LogP contribution in [0.2, 0.25) is 0 Å². The van der Waals surface area contributed by atoms with Gasteiger partial charge in [-0.3, -0.25) is 0 Å². The Bertz CT molecular complexity index is 409. The molecule has 1 fully saturated rings. The molecule has 1 aromatic carbocycles. The van der Waals surface area contributed by atoms with Crippen LogP contribution in [0, 0.1) is 0 Å². The third-order valence-electron chi connectivity index (χ3n) is 4.00. The molecule has 3 nitrogen and oxygen atoms in total. The third-order valence-corrected chi connectivity index (χ3v) is 4.53. The molecule has 0 saturated heterocycles. The van der Waals surface area contributed by atoms with Gasteiger partial charge in [0.15, 0.2) is 0 Å². The van der Waals surface area contributed by atoms with Gasteiger partial charge in [0.1, 0.15) is 0 Å². The number of hydrogen-bond donors (Lipinski definition) is 1. The lowest BCUT2D eigenvalue weighted by Crippen LogP contribution is -2.60. The highest BCUT2D eigenvalue weighted by atomic mass is 79.9. The van der Waals surface area contributed by atoms with Crippen molar-refractivity contribution in [2.24, 2.45) is 0 Å². The molecule has 20 heavy (non-hydrogen) atoms. The first-order valence-electron chi connectivity index (χ1n) is 7.35. The summed E-state index contributed by atoms with van der Waals surface area (Å²) in [6.07, 6.45) is 2.50. The normalized spacial score (nSPS) is 27.1. The van der Waals surface area contributed by atoms with Crippen molar-refractivity contribution >= 4 is 15.9 Å². The molecule has 0 radical (unpaired) electrons. The Morgan fingerprint density at radius 3 is 2.55 bits per heavy atom. The lowest BCUT2D eigenvalue weighted by molar-refractivity contribution is -0.133. The molecule has 4 atom stereocenters. The second-order valence-electron chi connectivity index (χ2n) is 5.22. The van der Waals surface area contributed by atoms with E-state index in [1.807, 2.05) is 6.92 Å². The van der Waals surface area contributed by atoms with E-state index in [1.54, 1.807) is 7.11 Å². The molecule has 0 amide bonds. The van der Waals surface area contributed by atoms with Crippen molar-refractivity contribution in [2.75, 3.05) is 13.7 Å². The van der Waals surface area contributed by atoms with Gasteiger partial charge in [-0.25, -0.2) is 0 Å². The van der Waals surface area contributed by atoms with E-state index < -0.39 is 0 Å². The highest BCUT2D eigenvalue weighted by Crippen LogP contribution is 2.30. The quantitative estimate of drug-likeness (QED) is 0.820. The molecule has 112 valence electrons. The molecule has 2 rings (SSSR count). The number of benzene rings is 1. The van der Waals surface area contributed by atoms with Crippen LogP contribution < -0.4 is 5.32 Å². The predicted octanol–water partition coefficient (Wildman–Crippen LogP) is 3.68. The summed E-state index contributed by atoms with van der Waals surface area (Å²) in [5.74, 6) is 0. The summed E-state index contributed by atoms with van der Waals surface area (Å²) in [7, 11) is 1.77. The zero-order valence-electron chi connectivity index (χ0n) is 12.4. The van der Waals surface area contributed by atoms with Crippen molar-refractivity contribution in [1.82, 2.24) is 5.32 Å². The van der Waals surface area contributed by atoms with Crippen LogP contribution in [0.15, 0.2) is 28.7 Å². The Kier molecular flexibility index (Phi) is 6.02. The van der Waals surface area contributed by atoms with E-state index in [0.29, 0.717) is 12.1 Å². The molecule has 0 bridgehead atoms. The predicted molar refractivity (Wildman–Crippen MR) is 84.9 cm³/mol. The second kappa shape index (κ2) is 7.55. The average Bonchev–Trinajstić information content (AvgIpc) is 2.44. The maximum Gasteiger partial charge on any atom is 0.0987 e. The van der Waals surface area contributed by atoms with Crippen LogP contribution in [0.4, 0.5) is 0 Å². The monoisotopic (exact) mass is 341 g/mol. The molecule has 4 heteroatoms. The number of halogens is 1. The maximum absolute atomic E-state index is 5.68. The number of methoxy groups -OCH3 is 1. The van der Waals surface area contributed by atoms with Crippen molar-refractivity contribution in [2.45, 2.75) is 51.0 Å². The minimum atomic E-state index is 0.166. The maximum atomic E-state index is 5.68. The average molecular weight is 342 g/mol. The molecular formula is C16H24BrNO2. The van der Waals surface area contributed by atoms with Gasteiger partial charge >= 0.3 is 0 Å². The first-order chi connectivity index (χ1) is 9.69. The Hall–Kier alpha value is -0.420. The topological polar surface area (TPSA) is 30.5 Å². The Balaban J connectivity index is 1.95. The summed E-state index contributed by atoms with van der Waals surface area (Å²) >= 11 is 3.48. The molecule has 1 aliphatic carbocycles. The summed E-state index contributed by atoms with van der Waals surface area (Å²) < 4.78 is 12.4. The summed E-state index contributed by atoms with van der Waals surface area (Å²) in [6, 6.07) is 9.28. The molecule has 0 aromatic heterocycles. The number of ether oxygens (including phenoxy) is 2. The standard InChI is InChI=1S/C16H24BrNO2/c1-4-13(11-6-8-12(17)9-7-11)18-14-10-15(20-5-2)16(14)19-3/h6-9,13-16,18H,4-5,10H2,1-3H3. The van der Waals surface area contributed by atoms with Crippen LogP contribution in [0.1, 0.15) is 38.3 Å². The van der Waals surface area contributed by atoms with Gasteiger partial charge in [-0.15, -0.1) is 0 Å². The van der Waals surface area contributed by atoms with Gasteiger partial charge in [0.25, 0.3) is 0 Å². The van der Waals surface area contributed by atoms with Gasteiger partial charge in [0, 0.05) is 30.3 Å². The molecule has 0 heterocycles. The number of hydrogen-bond acceptors (Lipinski definition) is 3. The lowest BCUT2D eigenvalue weighted by atomic mass is 9.84. The minimum Gasteiger partial charge on any atom is -0.377 e. The molecule has 1 saturated carbocycles. The van der Waals surface area contributed by atoms with Crippen LogP contribution in [-0.4, -0.2) is 32.0 Å². The van der Waals surface area contributed by atoms with E-state index in [9.17, 15) is 0 Å². The van der Waals surface area contributed by atoms with Crippen LogP contribution >= 0.6 is 15.9 Å². The lowest BCUT2D eigenvalue weighted by Gasteiger charge is -2.45. The SMILES string of the molecule is CCOC1CC(NC(CC)c2ccc(Br)cc2)C1OC. The Morgan fingerprint density at radius 1 is 1.30 bits per heavy atom. The highest BCUT2D eigenvalue weighted by Gasteiger charge is 2.42. The van der Waals surface area contributed by atoms with Gasteiger partial charge in [-0.1, -0.05) is 35.0 Å².